The number of nitrogens with zero attached hydrogens (tertiary/aromatic N) is 2. The Kier molecular flexibility index (Phi) is 3.59. The summed E-state index contributed by atoms with van der Waals surface area (Å²) in [6.45, 7) is 3.66. The Bertz CT molecular complexity index is 677. The first kappa shape index (κ1) is 13.3. The van der Waals surface area contributed by atoms with E-state index in [1.165, 1.54) is 16.4 Å². The van der Waals surface area contributed by atoms with Gasteiger partial charge in [-0.1, -0.05) is 28.9 Å². The average Bonchev–Trinajstić information content (AvgIpc) is 2.81. The number of hydrogen-bond donors (Lipinski definition) is 0. The van der Waals surface area contributed by atoms with E-state index in [0.717, 1.165) is 4.47 Å². The van der Waals surface area contributed by atoms with Gasteiger partial charge in [-0.15, -0.1) is 0 Å². The van der Waals surface area contributed by atoms with E-state index in [2.05, 4.69) is 20.9 Å². The Morgan fingerprint density at radius 1 is 1.39 bits per heavy atom. The first-order valence-corrected chi connectivity index (χ1v) is 7.74. The molecule has 0 aliphatic heterocycles. The lowest BCUT2D eigenvalue weighted by molar-refractivity contribution is 0.584. The second-order valence-corrected chi connectivity index (χ2v) is 6.61. The van der Waals surface area contributed by atoms with Crippen LogP contribution in [-0.2, 0) is 16.4 Å². The lowest BCUT2D eigenvalue weighted by atomic mass is 10.2. The van der Waals surface area contributed by atoms with Gasteiger partial charge in [-0.3, -0.25) is 0 Å². The summed E-state index contributed by atoms with van der Waals surface area (Å²) < 4.78 is 27.1. The highest BCUT2D eigenvalue weighted by Crippen LogP contribution is 2.23. The van der Waals surface area contributed by atoms with Crippen molar-refractivity contribution in [3.63, 3.8) is 0 Å². The van der Waals surface area contributed by atoms with Crippen molar-refractivity contribution in [1.29, 1.82) is 0 Å². The fourth-order valence-corrected chi connectivity index (χ4v) is 3.89. The lowest BCUT2D eigenvalue weighted by Gasteiger charge is -2.11. The molecule has 0 aliphatic rings. The third-order valence-corrected chi connectivity index (χ3v) is 5.02. The first-order chi connectivity index (χ1) is 8.46. The van der Waals surface area contributed by atoms with Crippen LogP contribution in [0.5, 0.6) is 0 Å². The molecule has 0 bridgehead atoms. The molecule has 1 aromatic heterocycles. The molecule has 0 fully saturated rings. The maximum absolute atomic E-state index is 12.5. The largest absolute Gasteiger partial charge is 0.269 e. The van der Waals surface area contributed by atoms with E-state index < -0.39 is 10.0 Å². The maximum atomic E-state index is 12.5. The molecule has 0 amide bonds. The molecular formula is C12H13BrN2O2S. The van der Waals surface area contributed by atoms with Gasteiger partial charge in [0.25, 0.3) is 10.0 Å². The van der Waals surface area contributed by atoms with E-state index in [0.29, 0.717) is 22.7 Å². The molecule has 2 aromatic rings. The standard InChI is InChI=1S/C12H13BrN2O2S/c1-3-12-14-6-7-15(12)18(16,17)11-8-10(13)5-4-9(11)2/h4-8H,3H2,1-2H3. The third-order valence-electron chi connectivity index (χ3n) is 2.68. The van der Waals surface area contributed by atoms with Crippen LogP contribution in [0.3, 0.4) is 0 Å². The molecule has 1 heterocycles. The number of imidazole rings is 1. The third kappa shape index (κ3) is 2.22. The van der Waals surface area contributed by atoms with Gasteiger partial charge in [-0.25, -0.2) is 17.4 Å². The molecule has 0 aliphatic carbocycles. The molecular weight excluding hydrogens is 316 g/mol. The highest BCUT2D eigenvalue weighted by atomic mass is 79.9. The van der Waals surface area contributed by atoms with Gasteiger partial charge >= 0.3 is 0 Å². The average molecular weight is 329 g/mol. The van der Waals surface area contributed by atoms with Crippen LogP contribution in [0.1, 0.15) is 18.3 Å². The summed E-state index contributed by atoms with van der Waals surface area (Å²) in [5, 5.41) is 0. The molecule has 0 unspecified atom stereocenters. The Labute approximate surface area is 115 Å². The van der Waals surface area contributed by atoms with Gasteiger partial charge < -0.3 is 0 Å². The Balaban J connectivity index is 2.65. The van der Waals surface area contributed by atoms with Crippen molar-refractivity contribution in [2.24, 2.45) is 0 Å². The fraction of sp³-hybridized carbons (Fsp3) is 0.250. The molecule has 0 atom stereocenters. The Morgan fingerprint density at radius 2 is 2.11 bits per heavy atom. The van der Waals surface area contributed by atoms with Crippen molar-refractivity contribution < 1.29 is 8.42 Å². The minimum absolute atomic E-state index is 0.296. The molecule has 18 heavy (non-hydrogen) atoms. The number of aryl methyl sites for hydroxylation is 2. The van der Waals surface area contributed by atoms with Gasteiger partial charge in [-0.05, 0) is 24.6 Å². The summed E-state index contributed by atoms with van der Waals surface area (Å²) in [5.41, 5.74) is 0.717. The molecule has 0 saturated carbocycles. The van der Waals surface area contributed by atoms with E-state index >= 15 is 0 Å². The zero-order chi connectivity index (χ0) is 13.3. The van der Waals surface area contributed by atoms with Crippen molar-refractivity contribution in [1.82, 2.24) is 8.96 Å². The van der Waals surface area contributed by atoms with Crippen LogP contribution in [-0.4, -0.2) is 17.4 Å². The molecule has 1 aromatic carbocycles. The van der Waals surface area contributed by atoms with E-state index in [1.807, 2.05) is 13.0 Å². The highest BCUT2D eigenvalue weighted by molar-refractivity contribution is 9.10. The molecule has 0 saturated heterocycles. The summed E-state index contributed by atoms with van der Waals surface area (Å²) in [7, 11) is -3.57. The molecule has 2 rings (SSSR count). The van der Waals surface area contributed by atoms with E-state index in [4.69, 9.17) is 0 Å². The van der Waals surface area contributed by atoms with Crippen LogP contribution in [0, 0.1) is 6.92 Å². The van der Waals surface area contributed by atoms with Crippen molar-refractivity contribution in [3.8, 4) is 0 Å². The Hall–Kier alpha value is -1.14. The molecule has 6 heteroatoms. The molecule has 0 spiro atoms. The molecule has 0 radical (unpaired) electrons. The normalized spacial score (nSPS) is 11.7. The molecule has 0 N–H and O–H groups in total. The first-order valence-electron chi connectivity index (χ1n) is 5.50. The predicted molar refractivity (Wildman–Crippen MR) is 73.1 cm³/mol. The minimum Gasteiger partial charge on any atom is -0.241 e. The summed E-state index contributed by atoms with van der Waals surface area (Å²) >= 11 is 3.30. The van der Waals surface area contributed by atoms with Crippen LogP contribution < -0.4 is 0 Å². The van der Waals surface area contributed by atoms with Crippen LogP contribution in [0.2, 0.25) is 0 Å². The van der Waals surface area contributed by atoms with Crippen LogP contribution >= 0.6 is 15.9 Å². The van der Waals surface area contributed by atoms with Crippen molar-refractivity contribution in [3.05, 3.63) is 46.5 Å². The monoisotopic (exact) mass is 328 g/mol. The Morgan fingerprint density at radius 3 is 2.78 bits per heavy atom. The summed E-state index contributed by atoms with van der Waals surface area (Å²) in [4.78, 5) is 4.35. The van der Waals surface area contributed by atoms with Gasteiger partial charge in [0.2, 0.25) is 0 Å². The quantitative estimate of drug-likeness (QED) is 0.870. The summed E-state index contributed by atoms with van der Waals surface area (Å²) in [6, 6.07) is 5.21. The number of benzene rings is 1. The second kappa shape index (κ2) is 4.85. The van der Waals surface area contributed by atoms with Gasteiger partial charge in [-0.2, -0.15) is 0 Å². The van der Waals surface area contributed by atoms with Crippen molar-refractivity contribution >= 4 is 26.0 Å². The minimum atomic E-state index is -3.57. The number of hydrogen-bond acceptors (Lipinski definition) is 3. The smallest absolute Gasteiger partial charge is 0.241 e. The fourth-order valence-electron chi connectivity index (χ4n) is 1.75. The predicted octanol–water partition coefficient (Wildman–Crippen LogP) is 2.75. The SMILES string of the molecule is CCc1nccn1S(=O)(=O)c1cc(Br)ccc1C. The lowest BCUT2D eigenvalue weighted by Crippen LogP contribution is -2.16. The maximum Gasteiger partial charge on any atom is 0.269 e. The van der Waals surface area contributed by atoms with E-state index in [1.54, 1.807) is 19.1 Å². The summed E-state index contributed by atoms with van der Waals surface area (Å²) in [6.07, 6.45) is 3.55. The van der Waals surface area contributed by atoms with Crippen LogP contribution in [0.25, 0.3) is 0 Å². The topological polar surface area (TPSA) is 52.0 Å². The van der Waals surface area contributed by atoms with Gasteiger partial charge in [0.05, 0.1) is 4.90 Å². The van der Waals surface area contributed by atoms with Crippen molar-refractivity contribution in [2.75, 3.05) is 0 Å². The summed E-state index contributed by atoms with van der Waals surface area (Å²) in [5.74, 6) is 0.536. The van der Waals surface area contributed by atoms with Gasteiger partial charge in [0, 0.05) is 23.3 Å². The molecule has 96 valence electrons. The number of halogens is 1. The molecule has 4 nitrogen and oxygen atoms in total. The highest BCUT2D eigenvalue weighted by Gasteiger charge is 2.21. The zero-order valence-corrected chi connectivity index (χ0v) is 12.5. The second-order valence-electron chi connectivity index (χ2n) is 3.91. The number of aromatic nitrogens is 2. The van der Waals surface area contributed by atoms with Gasteiger partial charge in [0.15, 0.2) is 0 Å². The number of rotatable bonds is 3. The zero-order valence-electron chi connectivity index (χ0n) is 10.1. The van der Waals surface area contributed by atoms with Crippen LogP contribution in [0.15, 0.2) is 40.0 Å². The van der Waals surface area contributed by atoms with E-state index in [9.17, 15) is 8.42 Å². The van der Waals surface area contributed by atoms with Gasteiger partial charge in [0.1, 0.15) is 5.82 Å². The van der Waals surface area contributed by atoms with Crippen molar-refractivity contribution in [2.45, 2.75) is 25.2 Å². The van der Waals surface area contributed by atoms with E-state index in [-0.39, 0.29) is 0 Å². The van der Waals surface area contributed by atoms with Crippen LogP contribution in [0.4, 0.5) is 0 Å².